The molecule has 0 saturated carbocycles. The predicted octanol–water partition coefficient (Wildman–Crippen LogP) is 2.79. The number of aliphatic carboxylic acids is 1. The van der Waals surface area contributed by atoms with E-state index in [1.807, 2.05) is 36.4 Å². The van der Waals surface area contributed by atoms with Crippen molar-refractivity contribution in [2.45, 2.75) is 44.8 Å². The SMILES string of the molecule is CC(C)(C)[Si](OC[C@@H](O)CCC(=O)O)(c1ccccc1)c1ccccc1. The van der Waals surface area contributed by atoms with Gasteiger partial charge >= 0.3 is 5.97 Å². The molecule has 0 saturated heterocycles. The van der Waals surface area contributed by atoms with Crippen molar-refractivity contribution in [1.29, 1.82) is 0 Å². The summed E-state index contributed by atoms with van der Waals surface area (Å²) < 4.78 is 6.56. The first kappa shape index (κ1) is 20.4. The predicted molar refractivity (Wildman–Crippen MR) is 106 cm³/mol. The first-order valence-corrected chi connectivity index (χ1v) is 10.8. The van der Waals surface area contributed by atoms with Crippen molar-refractivity contribution in [3.8, 4) is 0 Å². The molecule has 0 amide bonds. The number of carboxylic acids is 1. The molecular weight excluding hydrogens is 344 g/mol. The van der Waals surface area contributed by atoms with Crippen LogP contribution in [-0.2, 0) is 9.22 Å². The molecule has 5 heteroatoms. The van der Waals surface area contributed by atoms with Crippen LogP contribution in [0.4, 0.5) is 0 Å². The lowest BCUT2D eigenvalue weighted by Gasteiger charge is -2.43. The lowest BCUT2D eigenvalue weighted by atomic mass is 10.2. The number of rotatable bonds is 8. The quantitative estimate of drug-likeness (QED) is 0.699. The van der Waals surface area contributed by atoms with Crippen LogP contribution in [0.2, 0.25) is 5.04 Å². The molecule has 0 aliphatic heterocycles. The van der Waals surface area contributed by atoms with Gasteiger partial charge in [0, 0.05) is 6.42 Å². The zero-order valence-electron chi connectivity index (χ0n) is 15.7. The number of hydrogen-bond donors (Lipinski definition) is 2. The maximum atomic E-state index is 10.8. The van der Waals surface area contributed by atoms with Gasteiger partial charge in [-0.25, -0.2) is 0 Å². The first-order valence-electron chi connectivity index (χ1n) is 8.92. The summed E-state index contributed by atoms with van der Waals surface area (Å²) in [6.45, 7) is 6.63. The van der Waals surface area contributed by atoms with Gasteiger partial charge < -0.3 is 14.6 Å². The van der Waals surface area contributed by atoms with Crippen LogP contribution in [0.3, 0.4) is 0 Å². The second kappa shape index (κ2) is 8.62. The van der Waals surface area contributed by atoms with Crippen molar-refractivity contribution < 1.29 is 19.4 Å². The molecule has 0 radical (unpaired) electrons. The van der Waals surface area contributed by atoms with E-state index < -0.39 is 20.4 Å². The van der Waals surface area contributed by atoms with Crippen LogP contribution < -0.4 is 10.4 Å². The number of hydrogen-bond acceptors (Lipinski definition) is 3. The van der Waals surface area contributed by atoms with Gasteiger partial charge in [-0.2, -0.15) is 0 Å². The molecule has 4 nitrogen and oxygen atoms in total. The minimum atomic E-state index is -2.68. The van der Waals surface area contributed by atoms with Crippen LogP contribution >= 0.6 is 0 Å². The molecule has 2 rings (SSSR count). The lowest BCUT2D eigenvalue weighted by molar-refractivity contribution is -0.137. The smallest absolute Gasteiger partial charge is 0.303 e. The highest BCUT2D eigenvalue weighted by Gasteiger charge is 2.50. The normalized spacial score (nSPS) is 13.4. The maximum Gasteiger partial charge on any atom is 0.303 e. The molecule has 2 aromatic rings. The second-order valence-electron chi connectivity index (χ2n) is 7.56. The van der Waals surface area contributed by atoms with Crippen LogP contribution in [0.1, 0.15) is 33.6 Å². The average Bonchev–Trinajstić information content (AvgIpc) is 2.61. The molecule has 0 heterocycles. The van der Waals surface area contributed by atoms with Gasteiger partial charge in [0.15, 0.2) is 0 Å². The molecule has 0 aliphatic carbocycles. The zero-order chi connectivity index (χ0) is 19.2. The van der Waals surface area contributed by atoms with Crippen molar-refractivity contribution in [1.82, 2.24) is 0 Å². The number of carboxylic acid groups (broad SMARTS) is 1. The number of carbonyl (C=O) groups is 1. The van der Waals surface area contributed by atoms with Crippen molar-refractivity contribution in [3.05, 3.63) is 60.7 Å². The zero-order valence-corrected chi connectivity index (χ0v) is 16.7. The second-order valence-corrected chi connectivity index (χ2v) is 11.9. The Morgan fingerprint density at radius 2 is 1.46 bits per heavy atom. The monoisotopic (exact) mass is 372 g/mol. The Morgan fingerprint density at radius 3 is 1.85 bits per heavy atom. The van der Waals surface area contributed by atoms with Gasteiger partial charge in [-0.1, -0.05) is 81.4 Å². The fourth-order valence-electron chi connectivity index (χ4n) is 3.36. The number of benzene rings is 2. The van der Waals surface area contributed by atoms with Gasteiger partial charge in [-0.3, -0.25) is 4.79 Å². The number of aliphatic hydroxyl groups is 1. The third kappa shape index (κ3) is 4.61. The van der Waals surface area contributed by atoms with E-state index in [0.29, 0.717) is 0 Å². The summed E-state index contributed by atoms with van der Waals surface area (Å²) in [5.41, 5.74) is 0. The number of aliphatic hydroxyl groups excluding tert-OH is 1. The fraction of sp³-hybridized carbons (Fsp3) is 0.381. The molecule has 0 aliphatic rings. The van der Waals surface area contributed by atoms with Crippen molar-refractivity contribution in [2.24, 2.45) is 0 Å². The standard InChI is InChI=1S/C21H28O4Si/c1-21(2,3)26(18-10-6-4-7-11-18,19-12-8-5-9-13-19)25-16-17(22)14-15-20(23)24/h4-13,17,22H,14-16H2,1-3H3,(H,23,24)/t17-/m0/s1. The highest BCUT2D eigenvalue weighted by atomic mass is 28.4. The molecule has 2 N–H and O–H groups in total. The van der Waals surface area contributed by atoms with E-state index in [1.165, 1.54) is 0 Å². The summed E-state index contributed by atoms with van der Waals surface area (Å²) in [5, 5.41) is 21.2. The van der Waals surface area contributed by atoms with E-state index in [-0.39, 0.29) is 24.5 Å². The van der Waals surface area contributed by atoms with E-state index >= 15 is 0 Å². The molecule has 2 aromatic carbocycles. The Morgan fingerprint density at radius 1 is 1.00 bits per heavy atom. The molecule has 0 fully saturated rings. The van der Waals surface area contributed by atoms with Gasteiger partial charge in [0.25, 0.3) is 8.32 Å². The van der Waals surface area contributed by atoms with Gasteiger partial charge in [-0.05, 0) is 21.8 Å². The summed E-state index contributed by atoms with van der Waals surface area (Å²) >= 11 is 0. The third-order valence-electron chi connectivity index (χ3n) is 4.60. The van der Waals surface area contributed by atoms with Crippen LogP contribution in [0.25, 0.3) is 0 Å². The fourth-order valence-corrected chi connectivity index (χ4v) is 7.95. The minimum absolute atomic E-state index is 0.0642. The summed E-state index contributed by atoms with van der Waals surface area (Å²) in [4.78, 5) is 10.8. The molecule has 1 atom stereocenters. The third-order valence-corrected chi connectivity index (χ3v) is 9.61. The van der Waals surface area contributed by atoms with Gasteiger partial charge in [0.1, 0.15) is 0 Å². The Labute approximate surface area is 156 Å². The molecule has 0 spiro atoms. The maximum absolute atomic E-state index is 10.8. The van der Waals surface area contributed by atoms with Crippen LogP contribution in [0.5, 0.6) is 0 Å². The largest absolute Gasteiger partial charge is 0.481 e. The van der Waals surface area contributed by atoms with Gasteiger partial charge in [0.2, 0.25) is 0 Å². The van der Waals surface area contributed by atoms with E-state index in [4.69, 9.17) is 9.53 Å². The summed E-state index contributed by atoms with van der Waals surface area (Å²) in [6, 6.07) is 20.4. The van der Waals surface area contributed by atoms with E-state index in [9.17, 15) is 9.90 Å². The molecule has 0 aromatic heterocycles. The topological polar surface area (TPSA) is 66.8 Å². The molecule has 0 bridgehead atoms. The first-order chi connectivity index (χ1) is 12.3. The highest BCUT2D eigenvalue weighted by molar-refractivity contribution is 6.99. The Balaban J connectivity index is 2.42. The Bertz CT molecular complexity index is 655. The summed E-state index contributed by atoms with van der Waals surface area (Å²) in [5.74, 6) is -0.908. The Hall–Kier alpha value is -1.95. The molecule has 140 valence electrons. The molecule has 26 heavy (non-hydrogen) atoms. The highest BCUT2D eigenvalue weighted by Crippen LogP contribution is 2.36. The minimum Gasteiger partial charge on any atom is -0.481 e. The van der Waals surface area contributed by atoms with Crippen molar-refractivity contribution in [3.63, 3.8) is 0 Å². The van der Waals surface area contributed by atoms with Crippen LogP contribution in [0.15, 0.2) is 60.7 Å². The van der Waals surface area contributed by atoms with Gasteiger partial charge in [0.05, 0.1) is 12.7 Å². The Kier molecular flexibility index (Phi) is 6.75. The van der Waals surface area contributed by atoms with Crippen LogP contribution in [-0.4, -0.2) is 37.2 Å². The summed E-state index contributed by atoms with van der Waals surface area (Å²) in [7, 11) is -2.68. The van der Waals surface area contributed by atoms with Crippen molar-refractivity contribution in [2.75, 3.05) is 6.61 Å². The van der Waals surface area contributed by atoms with Crippen LogP contribution in [0, 0.1) is 0 Å². The van der Waals surface area contributed by atoms with E-state index in [2.05, 4.69) is 45.0 Å². The lowest BCUT2D eigenvalue weighted by Crippen LogP contribution is -2.67. The molecular formula is C21H28O4Si. The summed E-state index contributed by atoms with van der Waals surface area (Å²) in [6.07, 6.45) is -0.675. The van der Waals surface area contributed by atoms with Crippen molar-refractivity contribution >= 4 is 24.7 Å². The van der Waals surface area contributed by atoms with Gasteiger partial charge in [-0.15, -0.1) is 0 Å². The average molecular weight is 373 g/mol. The van der Waals surface area contributed by atoms with E-state index in [0.717, 1.165) is 10.4 Å². The van der Waals surface area contributed by atoms with E-state index in [1.54, 1.807) is 0 Å². The molecule has 0 unspecified atom stereocenters.